The number of carbonyl (C=O) groups excluding carboxylic acids is 2. The van der Waals surface area contributed by atoms with Gasteiger partial charge in [0, 0.05) is 66.9 Å². The Morgan fingerprint density at radius 2 is 1.81 bits per heavy atom. The fourth-order valence-corrected chi connectivity index (χ4v) is 16.4. The molecule has 12 heteroatoms. The minimum Gasteiger partial charge on any atom is -0.504 e. The number of rotatable bonds is 12. The lowest BCUT2D eigenvalue weighted by molar-refractivity contribution is -0.138. The molecule has 0 unspecified atom stereocenters. The summed E-state index contributed by atoms with van der Waals surface area (Å²) in [5, 5.41) is 61.2. The predicted octanol–water partition coefficient (Wildman–Crippen LogP) is 6.73. The Hall–Kier alpha value is -5.42. The summed E-state index contributed by atoms with van der Waals surface area (Å²) in [5.41, 5.74) is 12.6. The zero-order valence-electron chi connectivity index (χ0n) is 42.3. The fourth-order valence-electron chi connectivity index (χ4n) is 16.4. The van der Waals surface area contributed by atoms with E-state index in [9.17, 15) is 30.0 Å². The number of aliphatic hydroxyl groups excluding tert-OH is 3. The molecule has 384 valence electrons. The van der Waals surface area contributed by atoms with Gasteiger partial charge < -0.3 is 51.8 Å². The summed E-state index contributed by atoms with van der Waals surface area (Å²) in [6, 6.07) is 18.1. The van der Waals surface area contributed by atoms with Crippen LogP contribution in [0.15, 0.2) is 84.3 Å². The van der Waals surface area contributed by atoms with Gasteiger partial charge in [-0.1, -0.05) is 67.3 Å². The van der Waals surface area contributed by atoms with Gasteiger partial charge in [0.2, 0.25) is 0 Å². The van der Waals surface area contributed by atoms with Crippen LogP contribution in [0.3, 0.4) is 0 Å². The normalized spacial score (nSPS) is 34.3. The number of aromatic nitrogens is 1. The Balaban J connectivity index is 0.842. The summed E-state index contributed by atoms with van der Waals surface area (Å²) in [6.07, 6.45) is 8.79. The largest absolute Gasteiger partial charge is 0.504 e. The SMILES string of the molecule is CCNC[C@@H]1[C@@H]([C@H]2CC[C@@]3(C#C[C@H](C[C@H](O)[C@H](O)C[C@H](C4=CCNC(N)=C4)c4ccc5ccccc5c4)c4cc(O)c(OC)cc4CCC3=O)[C@H](O)C2)C[C@@H]2CN[C@H]3CC(=O)[C@H]4CCc5c[nH]c6c5[C@H]4[C@@H]3[C@H]2[C@H]61. The molecule has 1 spiro atoms. The molecule has 0 bridgehead atoms. The number of ketones is 2. The predicted molar refractivity (Wildman–Crippen MR) is 281 cm³/mol. The number of hydrogen-bond donors (Lipinski definition) is 9. The third kappa shape index (κ3) is 8.33. The summed E-state index contributed by atoms with van der Waals surface area (Å²) >= 11 is 0. The average Bonchev–Trinajstić information content (AvgIpc) is 3.86. The van der Waals surface area contributed by atoms with Gasteiger partial charge in [0.15, 0.2) is 17.3 Å². The number of carbonyl (C=O) groups is 2. The van der Waals surface area contributed by atoms with Gasteiger partial charge in [0.25, 0.3) is 0 Å². The second-order valence-electron chi connectivity index (χ2n) is 23.2. The van der Waals surface area contributed by atoms with Crippen molar-refractivity contribution < 1.29 is 34.8 Å². The molecule has 6 aliphatic carbocycles. The second kappa shape index (κ2) is 19.4. The van der Waals surface area contributed by atoms with Crippen LogP contribution >= 0.6 is 0 Å². The zero-order chi connectivity index (χ0) is 50.3. The van der Waals surface area contributed by atoms with E-state index in [1.807, 2.05) is 18.2 Å². The standard InChI is InChI=1S/C61H73N5O7/c1-3-63-31-45-44(21-40-30-65-46-28-47(67)41-12-10-39-29-66-60-56(39)57(41)59(46)55(40)58(45)60)37-15-18-61(53(72)24-37)17-14-36(43-27-50(70)51(73-2)23-35(43)11-13-52(61)71)22-48(68)49(69)26-42(38-16-19-64-54(62)25-38)34-9-8-32-6-4-5-7-33(32)20-34/h4-9,16,20,23,25,27,29,36-37,40-42,44-46,48-49,53,55,57-59,63-66,68-70,72H,3,10-13,15,18-19,21-22,24,26,28,30-31,62H2,1-2H3/t36-,37+,40-,41-,42+,44-,45-,46+,48+,49-,53-,55-,57+,58-,59+,61-/m1/s1. The molecule has 4 fully saturated rings. The highest BCUT2D eigenvalue weighted by Crippen LogP contribution is 2.66. The number of phenols is 1. The van der Waals surface area contributed by atoms with Crippen molar-refractivity contribution in [3.05, 3.63) is 118 Å². The highest BCUT2D eigenvalue weighted by molar-refractivity contribution is 5.89. The summed E-state index contributed by atoms with van der Waals surface area (Å²) in [6.45, 7) is 5.37. The lowest BCUT2D eigenvalue weighted by atomic mass is 9.44. The number of nitrogens with one attached hydrogen (secondary N) is 4. The number of fused-ring (bicyclic) bond motifs is 3. The van der Waals surface area contributed by atoms with E-state index in [1.54, 1.807) is 12.1 Å². The van der Waals surface area contributed by atoms with E-state index in [4.69, 9.17) is 10.5 Å². The van der Waals surface area contributed by atoms with Crippen molar-refractivity contribution in [1.82, 2.24) is 20.9 Å². The number of phenolic OH excluding ortho intramolecular Hbond substituents is 1. The van der Waals surface area contributed by atoms with Crippen LogP contribution in [0, 0.1) is 58.7 Å². The molecule has 3 heterocycles. The molecule has 3 saturated carbocycles. The number of aryl methyl sites for hydroxylation is 2. The number of aromatic hydroxyl groups is 1. The van der Waals surface area contributed by atoms with E-state index in [2.05, 4.69) is 82.3 Å². The van der Waals surface area contributed by atoms with Crippen molar-refractivity contribution >= 4 is 22.3 Å². The van der Waals surface area contributed by atoms with Crippen molar-refractivity contribution in [3.8, 4) is 23.3 Å². The van der Waals surface area contributed by atoms with Crippen LogP contribution in [0.25, 0.3) is 10.8 Å². The number of piperidine rings is 1. The van der Waals surface area contributed by atoms with E-state index in [-0.39, 0.29) is 60.3 Å². The molecular formula is C61H73N5O7. The van der Waals surface area contributed by atoms with Crippen molar-refractivity contribution in [3.63, 3.8) is 0 Å². The van der Waals surface area contributed by atoms with E-state index in [1.165, 1.54) is 23.9 Å². The van der Waals surface area contributed by atoms with Crippen LogP contribution in [0.1, 0.15) is 122 Å². The third-order valence-electron chi connectivity index (χ3n) is 19.8. The summed E-state index contributed by atoms with van der Waals surface area (Å²) in [5.74, 6) is 9.99. The Kier molecular flexibility index (Phi) is 12.9. The minimum atomic E-state index is -1.31. The average molecular weight is 988 g/mol. The topological polar surface area (TPSA) is 202 Å². The van der Waals surface area contributed by atoms with Gasteiger partial charge in [-0.3, -0.25) is 9.59 Å². The smallest absolute Gasteiger partial charge is 0.160 e. The maximum atomic E-state index is 14.9. The molecule has 4 aromatic rings. The number of allylic oxidation sites excluding steroid dienone is 2. The van der Waals surface area contributed by atoms with E-state index >= 15 is 0 Å². The van der Waals surface area contributed by atoms with Gasteiger partial charge in [0.05, 0.1) is 31.2 Å². The molecule has 16 atom stereocenters. The number of Topliss-reactive ketones (excluding diaryl/α,β-unsaturated/α-hetero) is 2. The first-order valence-corrected chi connectivity index (χ1v) is 27.5. The molecule has 1 saturated heterocycles. The van der Waals surface area contributed by atoms with Gasteiger partial charge in [-0.15, -0.1) is 0 Å². The number of hydrogen-bond acceptors (Lipinski definition) is 11. The van der Waals surface area contributed by atoms with E-state index < -0.39 is 29.6 Å². The van der Waals surface area contributed by atoms with Crippen molar-refractivity contribution in [2.45, 2.75) is 126 Å². The molecule has 8 aliphatic rings. The Morgan fingerprint density at radius 1 is 0.959 bits per heavy atom. The maximum Gasteiger partial charge on any atom is 0.160 e. The van der Waals surface area contributed by atoms with Crippen LogP contribution in [-0.4, -0.2) is 94.6 Å². The molecule has 12 nitrogen and oxygen atoms in total. The molecular weight excluding hydrogens is 915 g/mol. The molecule has 2 aliphatic heterocycles. The van der Waals surface area contributed by atoms with Crippen LogP contribution in [0.4, 0.5) is 0 Å². The fraction of sp³-hybridized carbons (Fsp3) is 0.541. The number of aliphatic hydroxyl groups is 3. The van der Waals surface area contributed by atoms with Gasteiger partial charge in [-0.25, -0.2) is 0 Å². The second-order valence-corrected chi connectivity index (χ2v) is 23.2. The van der Waals surface area contributed by atoms with Crippen molar-refractivity contribution in [2.75, 3.05) is 33.3 Å². The summed E-state index contributed by atoms with van der Waals surface area (Å²) < 4.78 is 5.57. The monoisotopic (exact) mass is 988 g/mol. The number of nitrogens with two attached hydrogens (primary N) is 1. The first-order chi connectivity index (χ1) is 35.4. The first kappa shape index (κ1) is 48.5. The molecule has 12 rings (SSSR count). The Labute approximate surface area is 429 Å². The van der Waals surface area contributed by atoms with Crippen LogP contribution in [-0.2, 0) is 22.4 Å². The van der Waals surface area contributed by atoms with Gasteiger partial charge in [-0.2, -0.15) is 0 Å². The number of ether oxygens (including phenoxy) is 1. The van der Waals surface area contributed by atoms with E-state index in [0.29, 0.717) is 90.8 Å². The van der Waals surface area contributed by atoms with E-state index in [0.717, 1.165) is 72.8 Å². The number of H-pyrrole nitrogens is 1. The Morgan fingerprint density at radius 3 is 2.62 bits per heavy atom. The first-order valence-electron chi connectivity index (χ1n) is 27.5. The van der Waals surface area contributed by atoms with Crippen LogP contribution in [0.5, 0.6) is 11.5 Å². The molecule has 3 aromatic carbocycles. The highest BCUT2D eigenvalue weighted by atomic mass is 16.5. The van der Waals surface area contributed by atoms with Crippen molar-refractivity contribution in [2.24, 2.45) is 52.6 Å². The molecule has 0 radical (unpaired) electrons. The van der Waals surface area contributed by atoms with Gasteiger partial charge >= 0.3 is 0 Å². The number of benzene rings is 3. The lowest BCUT2D eigenvalue weighted by Gasteiger charge is -2.63. The summed E-state index contributed by atoms with van der Waals surface area (Å²) in [7, 11) is 1.50. The molecule has 10 N–H and O–H groups in total. The third-order valence-corrected chi connectivity index (χ3v) is 19.8. The number of aromatic amines is 1. The Bertz CT molecular complexity index is 2930. The van der Waals surface area contributed by atoms with Crippen LogP contribution < -0.4 is 26.4 Å². The van der Waals surface area contributed by atoms with Crippen LogP contribution in [0.2, 0.25) is 0 Å². The number of methoxy groups -OCH3 is 1. The van der Waals surface area contributed by atoms with Gasteiger partial charge in [0.1, 0.15) is 11.2 Å². The molecule has 0 amide bonds. The highest BCUT2D eigenvalue weighted by Gasteiger charge is 2.63. The zero-order valence-corrected chi connectivity index (χ0v) is 42.3. The quantitative estimate of drug-likeness (QED) is 0.0682. The minimum absolute atomic E-state index is 0.0329. The van der Waals surface area contributed by atoms with Gasteiger partial charge in [-0.05, 0) is 175 Å². The molecule has 73 heavy (non-hydrogen) atoms. The summed E-state index contributed by atoms with van der Waals surface area (Å²) in [4.78, 5) is 32.4. The maximum absolute atomic E-state index is 14.9. The molecule has 1 aromatic heterocycles. The van der Waals surface area contributed by atoms with Crippen molar-refractivity contribution in [1.29, 1.82) is 0 Å². The lowest BCUT2D eigenvalue weighted by Crippen LogP contribution is -2.65. The number of dihydropyridines is 1.